The lowest BCUT2D eigenvalue weighted by atomic mass is 10.0. The van der Waals surface area contributed by atoms with Crippen LogP contribution in [-0.2, 0) is 16.1 Å². The minimum absolute atomic E-state index is 0.0627. The summed E-state index contributed by atoms with van der Waals surface area (Å²) in [4.78, 5) is 27.2. The van der Waals surface area contributed by atoms with Crippen LogP contribution in [0.25, 0.3) is 11.3 Å². The smallest absolute Gasteiger partial charge is 0.354 e. The predicted molar refractivity (Wildman–Crippen MR) is 77.8 cm³/mol. The Bertz CT molecular complexity index is 920. The molecule has 0 radical (unpaired) electrons. The van der Waals surface area contributed by atoms with Crippen LogP contribution in [0, 0.1) is 5.82 Å². The third kappa shape index (κ3) is 1.97. The first-order valence-electron chi connectivity index (χ1n) is 6.76. The van der Waals surface area contributed by atoms with Gasteiger partial charge in [0.1, 0.15) is 23.9 Å². The molecule has 1 amide bonds. The average molecular weight is 312 g/mol. The molecule has 1 aromatic carbocycles. The van der Waals surface area contributed by atoms with Crippen LogP contribution in [0.1, 0.15) is 27.3 Å². The molecule has 114 valence electrons. The number of anilines is 1. The Morgan fingerprint density at radius 1 is 1.26 bits per heavy atom. The van der Waals surface area contributed by atoms with Gasteiger partial charge in [-0.1, -0.05) is 0 Å². The van der Waals surface area contributed by atoms with E-state index in [0.717, 1.165) is 0 Å². The van der Waals surface area contributed by atoms with Crippen LogP contribution in [0.15, 0.2) is 30.3 Å². The molecule has 0 bridgehead atoms. The number of carbonyl (C=O) groups is 2. The molecule has 4 rings (SSSR count). The fraction of sp³-hybridized carbons (Fsp3) is 0.0625. The van der Waals surface area contributed by atoms with Gasteiger partial charge in [-0.05, 0) is 30.3 Å². The van der Waals surface area contributed by atoms with E-state index in [0.29, 0.717) is 22.5 Å². The number of aromatic nitrogens is 1. The summed E-state index contributed by atoms with van der Waals surface area (Å²) in [6.07, 6.45) is 0. The monoisotopic (exact) mass is 312 g/mol. The van der Waals surface area contributed by atoms with Crippen molar-refractivity contribution in [3.8, 4) is 0 Å². The van der Waals surface area contributed by atoms with E-state index in [1.54, 1.807) is 6.07 Å². The zero-order chi connectivity index (χ0) is 16.1. The molecule has 0 atom stereocenters. The number of carbonyl (C=O) groups excluding carboxylic acids is 1. The molecule has 6 nitrogen and oxygen atoms in total. The molecular weight excluding hydrogens is 303 g/mol. The number of benzene rings is 1. The first-order valence-corrected chi connectivity index (χ1v) is 6.76. The molecule has 2 aromatic rings. The maximum atomic E-state index is 13.5. The Hall–Kier alpha value is -3.22. The summed E-state index contributed by atoms with van der Waals surface area (Å²) in [6.45, 7) is 0.0627. The van der Waals surface area contributed by atoms with Crippen LogP contribution in [0.4, 0.5) is 10.1 Å². The van der Waals surface area contributed by atoms with Crippen molar-refractivity contribution in [1.82, 2.24) is 4.98 Å². The Morgan fingerprint density at radius 3 is 2.87 bits per heavy atom. The summed E-state index contributed by atoms with van der Waals surface area (Å²) < 4.78 is 19.1. The molecule has 0 fully saturated rings. The van der Waals surface area contributed by atoms with Gasteiger partial charge in [-0.25, -0.2) is 14.2 Å². The number of nitrogens with one attached hydrogen (secondary N) is 1. The van der Waals surface area contributed by atoms with E-state index in [-0.39, 0.29) is 23.6 Å². The standard InChI is InChI=1S/C16H9FN2O4/c17-7-1-3-10-9(5-7)13(15(20)19-10)14-8-2-4-11(16(21)22)18-12(8)6-23-14/h1-5H,6H2,(H,19,20)(H,21,22)/b14-13+. The SMILES string of the molecule is O=C1Nc2ccc(F)cc2/C1=C1\OCc2nc(C(=O)O)ccc21. The minimum Gasteiger partial charge on any atom is -0.486 e. The fourth-order valence-electron chi connectivity index (χ4n) is 2.73. The Labute approximate surface area is 129 Å². The maximum Gasteiger partial charge on any atom is 0.354 e. The zero-order valence-corrected chi connectivity index (χ0v) is 11.6. The van der Waals surface area contributed by atoms with Gasteiger partial charge < -0.3 is 15.2 Å². The number of carboxylic acids is 1. The maximum absolute atomic E-state index is 13.5. The molecule has 0 aliphatic carbocycles. The van der Waals surface area contributed by atoms with Crippen LogP contribution >= 0.6 is 0 Å². The van der Waals surface area contributed by atoms with Crippen LogP contribution in [0.5, 0.6) is 0 Å². The molecule has 2 aliphatic heterocycles. The van der Waals surface area contributed by atoms with E-state index in [4.69, 9.17) is 9.84 Å². The van der Waals surface area contributed by atoms with Crippen molar-refractivity contribution in [1.29, 1.82) is 0 Å². The van der Waals surface area contributed by atoms with Crippen LogP contribution in [0.2, 0.25) is 0 Å². The Kier molecular flexibility index (Phi) is 2.71. The van der Waals surface area contributed by atoms with E-state index in [1.165, 1.54) is 24.3 Å². The van der Waals surface area contributed by atoms with Gasteiger partial charge in [0, 0.05) is 16.8 Å². The highest BCUT2D eigenvalue weighted by Crippen LogP contribution is 2.41. The quantitative estimate of drug-likeness (QED) is 0.789. The van der Waals surface area contributed by atoms with Crippen LogP contribution < -0.4 is 5.32 Å². The van der Waals surface area contributed by atoms with E-state index < -0.39 is 17.7 Å². The van der Waals surface area contributed by atoms with Crippen LogP contribution in [-0.4, -0.2) is 22.0 Å². The number of fused-ring (bicyclic) bond motifs is 2. The minimum atomic E-state index is -1.14. The van der Waals surface area contributed by atoms with Crippen molar-refractivity contribution >= 4 is 28.9 Å². The lowest BCUT2D eigenvalue weighted by Crippen LogP contribution is -2.06. The van der Waals surface area contributed by atoms with E-state index >= 15 is 0 Å². The highest BCUT2D eigenvalue weighted by Gasteiger charge is 2.33. The zero-order valence-electron chi connectivity index (χ0n) is 11.6. The van der Waals surface area contributed by atoms with Crippen molar-refractivity contribution in [2.75, 3.05) is 5.32 Å². The third-order valence-corrected chi connectivity index (χ3v) is 3.74. The van der Waals surface area contributed by atoms with Gasteiger partial charge in [0.2, 0.25) is 0 Å². The molecule has 0 saturated carbocycles. The largest absolute Gasteiger partial charge is 0.486 e. The molecule has 2 aliphatic rings. The summed E-state index contributed by atoms with van der Waals surface area (Å²) in [6, 6.07) is 6.89. The van der Waals surface area contributed by atoms with Gasteiger partial charge in [0.25, 0.3) is 5.91 Å². The Balaban J connectivity index is 1.91. The number of hydrogen-bond acceptors (Lipinski definition) is 4. The highest BCUT2D eigenvalue weighted by molar-refractivity contribution is 6.36. The molecule has 0 unspecified atom stereocenters. The number of hydrogen-bond donors (Lipinski definition) is 2. The van der Waals surface area contributed by atoms with Gasteiger partial charge in [-0.3, -0.25) is 4.79 Å². The average Bonchev–Trinajstić information content (AvgIpc) is 3.06. The molecule has 7 heteroatoms. The second kappa shape index (κ2) is 4.64. The number of pyridine rings is 1. The molecule has 1 aromatic heterocycles. The summed E-state index contributed by atoms with van der Waals surface area (Å²) in [5, 5.41) is 11.6. The van der Waals surface area contributed by atoms with Crippen molar-refractivity contribution in [3.05, 3.63) is 58.7 Å². The first kappa shape index (κ1) is 13.4. The van der Waals surface area contributed by atoms with Gasteiger partial charge >= 0.3 is 5.97 Å². The lowest BCUT2D eigenvalue weighted by Gasteiger charge is -2.05. The number of halogens is 1. The third-order valence-electron chi connectivity index (χ3n) is 3.74. The second-order valence-corrected chi connectivity index (χ2v) is 5.13. The molecule has 2 N–H and O–H groups in total. The predicted octanol–water partition coefficient (Wildman–Crippen LogP) is 2.27. The molecule has 23 heavy (non-hydrogen) atoms. The van der Waals surface area contributed by atoms with Crippen molar-refractivity contribution in [3.63, 3.8) is 0 Å². The first-order chi connectivity index (χ1) is 11.0. The van der Waals surface area contributed by atoms with Gasteiger partial charge in [0.15, 0.2) is 0 Å². The number of aromatic carboxylic acids is 1. The lowest BCUT2D eigenvalue weighted by molar-refractivity contribution is -0.110. The van der Waals surface area contributed by atoms with Gasteiger partial charge in [-0.2, -0.15) is 0 Å². The summed E-state index contributed by atoms with van der Waals surface area (Å²) in [5.74, 6) is -1.71. The molecule has 0 saturated heterocycles. The normalized spacial score (nSPS) is 18.2. The van der Waals surface area contributed by atoms with E-state index in [2.05, 4.69) is 10.3 Å². The molecular formula is C16H9FN2O4. The van der Waals surface area contributed by atoms with Gasteiger partial charge in [-0.15, -0.1) is 0 Å². The number of rotatable bonds is 1. The Morgan fingerprint density at radius 2 is 2.09 bits per heavy atom. The van der Waals surface area contributed by atoms with Crippen molar-refractivity contribution in [2.24, 2.45) is 0 Å². The summed E-state index contributed by atoms with van der Waals surface area (Å²) >= 11 is 0. The van der Waals surface area contributed by atoms with Crippen molar-refractivity contribution in [2.45, 2.75) is 6.61 Å². The highest BCUT2D eigenvalue weighted by atomic mass is 19.1. The topological polar surface area (TPSA) is 88.5 Å². The number of amides is 1. The van der Waals surface area contributed by atoms with E-state index in [9.17, 15) is 14.0 Å². The van der Waals surface area contributed by atoms with E-state index in [1.807, 2.05) is 0 Å². The number of nitrogens with zero attached hydrogens (tertiary/aromatic N) is 1. The molecule has 0 spiro atoms. The summed E-state index contributed by atoms with van der Waals surface area (Å²) in [7, 11) is 0. The number of carboxylic acid groups (broad SMARTS) is 1. The summed E-state index contributed by atoms with van der Waals surface area (Å²) in [5.41, 5.74) is 2.03. The second-order valence-electron chi connectivity index (χ2n) is 5.13. The van der Waals surface area contributed by atoms with Crippen molar-refractivity contribution < 1.29 is 23.8 Å². The van der Waals surface area contributed by atoms with Gasteiger partial charge in [0.05, 0.1) is 11.3 Å². The van der Waals surface area contributed by atoms with Crippen LogP contribution in [0.3, 0.4) is 0 Å². The fourth-order valence-corrected chi connectivity index (χ4v) is 2.73. The number of ether oxygens (including phenoxy) is 1. The molecule has 3 heterocycles.